The van der Waals surface area contributed by atoms with Crippen LogP contribution in [0.4, 0.5) is 0 Å². The van der Waals surface area contributed by atoms with Crippen LogP contribution in [0.1, 0.15) is 43.2 Å². The molecule has 0 amide bonds. The van der Waals surface area contributed by atoms with Gasteiger partial charge in [-0.2, -0.15) is 4.89 Å². The molecule has 1 aliphatic heterocycles. The third-order valence-electron chi connectivity index (χ3n) is 8.35. The molecule has 2 aromatic carbocycles. The highest BCUT2D eigenvalue weighted by Gasteiger charge is 2.76. The van der Waals surface area contributed by atoms with Crippen LogP contribution >= 0.6 is 0 Å². The molecule has 4 aliphatic carbocycles. The zero-order chi connectivity index (χ0) is 21.9. The van der Waals surface area contributed by atoms with E-state index in [9.17, 15) is 10.0 Å². The second-order valence-electron chi connectivity index (χ2n) is 10.0. The van der Waals surface area contributed by atoms with Gasteiger partial charge in [0.15, 0.2) is 5.60 Å². The zero-order valence-electron chi connectivity index (χ0n) is 18.3. The molecule has 1 unspecified atom stereocenters. The minimum Gasteiger partial charge on any atom is -0.489 e. The lowest BCUT2D eigenvalue weighted by molar-refractivity contribution is -0.645. The minimum absolute atomic E-state index is 0.377. The van der Waals surface area contributed by atoms with Gasteiger partial charge >= 0.3 is 7.12 Å². The van der Waals surface area contributed by atoms with E-state index >= 15 is 0 Å². The smallest absolute Gasteiger partial charge is 0.488 e. The molecule has 7 rings (SSSR count). The molecule has 1 spiro atoms. The average molecular weight is 436 g/mol. The van der Waals surface area contributed by atoms with Gasteiger partial charge in [-0.05, 0) is 78.9 Å². The summed E-state index contributed by atoms with van der Waals surface area (Å²) in [6.07, 6.45) is 6.20. The number of benzene rings is 2. The predicted molar refractivity (Wildman–Crippen MR) is 118 cm³/mol. The Morgan fingerprint density at radius 1 is 0.938 bits per heavy atom. The molecule has 6 nitrogen and oxygen atoms in total. The van der Waals surface area contributed by atoms with Crippen molar-refractivity contribution in [3.8, 4) is 5.75 Å². The summed E-state index contributed by atoms with van der Waals surface area (Å²) < 4.78 is 12.2. The van der Waals surface area contributed by atoms with Crippen molar-refractivity contribution >= 4 is 12.6 Å². The highest BCUT2D eigenvalue weighted by atomic mass is 17.3. The summed E-state index contributed by atoms with van der Waals surface area (Å²) in [6.45, 7) is 0.377. The molecule has 2 aromatic rings. The van der Waals surface area contributed by atoms with Crippen LogP contribution in [0.5, 0.6) is 5.75 Å². The van der Waals surface area contributed by atoms with Crippen molar-refractivity contribution in [1.82, 2.24) is 0 Å². The standard InChI is InChI=1S/C25H29BO6/c1-29-25(24(31-32-25)20-10-17-9-18(12-20)13-21(24)11-17)19-3-2-4-23(14-19)30-15-16-5-7-22(8-6-16)26(27)28/h2-8,14,17-18,20-21,27-28H,9-13,15H2,1H3. The highest BCUT2D eigenvalue weighted by Crippen LogP contribution is 2.69. The van der Waals surface area contributed by atoms with E-state index in [-0.39, 0.29) is 0 Å². The Labute approximate surface area is 188 Å². The summed E-state index contributed by atoms with van der Waals surface area (Å²) in [5, 5.41) is 18.5. The van der Waals surface area contributed by atoms with Gasteiger partial charge < -0.3 is 19.5 Å². The van der Waals surface area contributed by atoms with Crippen LogP contribution in [0.2, 0.25) is 0 Å². The summed E-state index contributed by atoms with van der Waals surface area (Å²) in [4.78, 5) is 11.9. The predicted octanol–water partition coefficient (Wildman–Crippen LogP) is 2.90. The van der Waals surface area contributed by atoms with Crippen LogP contribution in [-0.2, 0) is 26.9 Å². The van der Waals surface area contributed by atoms with Crippen molar-refractivity contribution in [1.29, 1.82) is 0 Å². The van der Waals surface area contributed by atoms with E-state index in [4.69, 9.17) is 19.2 Å². The molecule has 0 aromatic heterocycles. The fourth-order valence-corrected chi connectivity index (χ4v) is 7.10. The van der Waals surface area contributed by atoms with Crippen molar-refractivity contribution < 1.29 is 29.3 Å². The zero-order valence-corrected chi connectivity index (χ0v) is 18.3. The normalized spacial score (nSPS) is 36.8. The molecule has 168 valence electrons. The van der Waals surface area contributed by atoms with Crippen LogP contribution < -0.4 is 10.2 Å². The molecule has 5 fully saturated rings. The largest absolute Gasteiger partial charge is 0.489 e. The molecular weight excluding hydrogens is 407 g/mol. The van der Waals surface area contributed by atoms with Crippen LogP contribution in [0.15, 0.2) is 48.5 Å². The van der Waals surface area contributed by atoms with Crippen molar-refractivity contribution in [2.24, 2.45) is 23.7 Å². The van der Waals surface area contributed by atoms with E-state index in [1.807, 2.05) is 36.4 Å². The van der Waals surface area contributed by atoms with Gasteiger partial charge in [0.05, 0.1) is 0 Å². The van der Waals surface area contributed by atoms with Crippen molar-refractivity contribution in [3.63, 3.8) is 0 Å². The van der Waals surface area contributed by atoms with Crippen LogP contribution in [-0.4, -0.2) is 29.9 Å². The van der Waals surface area contributed by atoms with Gasteiger partial charge in [0.25, 0.3) is 5.79 Å². The van der Waals surface area contributed by atoms with Crippen molar-refractivity contribution in [2.75, 3.05) is 7.11 Å². The molecule has 4 bridgehead atoms. The van der Waals surface area contributed by atoms with Crippen molar-refractivity contribution in [2.45, 2.75) is 50.1 Å². The molecule has 1 saturated heterocycles. The molecule has 32 heavy (non-hydrogen) atoms. The van der Waals surface area contributed by atoms with Gasteiger partial charge in [0.1, 0.15) is 12.4 Å². The Bertz CT molecular complexity index is 960. The summed E-state index contributed by atoms with van der Waals surface area (Å²) in [5.41, 5.74) is 1.94. The molecule has 7 heteroatoms. The number of hydrogen-bond donors (Lipinski definition) is 2. The van der Waals surface area contributed by atoms with E-state index in [2.05, 4.69) is 0 Å². The second-order valence-corrected chi connectivity index (χ2v) is 10.0. The van der Waals surface area contributed by atoms with Crippen molar-refractivity contribution in [3.05, 3.63) is 59.7 Å². The van der Waals surface area contributed by atoms with Crippen LogP contribution in [0.3, 0.4) is 0 Å². The van der Waals surface area contributed by atoms with E-state index in [0.717, 1.165) is 28.7 Å². The first-order valence-electron chi connectivity index (χ1n) is 11.6. The maximum Gasteiger partial charge on any atom is 0.488 e. The SMILES string of the molecule is COC1(c2cccc(OCc3ccc(B(O)O)cc3)c2)OOC12C1CC3CC(C1)CC2C3. The van der Waals surface area contributed by atoms with Crippen LogP contribution in [0.25, 0.3) is 0 Å². The average Bonchev–Trinajstić information content (AvgIpc) is 2.78. The molecule has 1 heterocycles. The van der Waals surface area contributed by atoms with Gasteiger partial charge in [-0.3, -0.25) is 0 Å². The van der Waals surface area contributed by atoms with Gasteiger partial charge in [0.2, 0.25) is 0 Å². The van der Waals surface area contributed by atoms with Gasteiger partial charge in [-0.15, -0.1) is 0 Å². The third kappa shape index (κ3) is 2.92. The highest BCUT2D eigenvalue weighted by molar-refractivity contribution is 6.58. The van der Waals surface area contributed by atoms with Gasteiger partial charge in [0, 0.05) is 12.7 Å². The maximum absolute atomic E-state index is 9.25. The Balaban J connectivity index is 1.24. The monoisotopic (exact) mass is 436 g/mol. The van der Waals surface area contributed by atoms with E-state index < -0.39 is 18.5 Å². The Hall–Kier alpha value is -1.90. The first-order chi connectivity index (χ1) is 15.5. The molecular formula is C25H29BO6. The second kappa shape index (κ2) is 7.57. The summed E-state index contributed by atoms with van der Waals surface area (Å²) in [7, 11) is 0.258. The van der Waals surface area contributed by atoms with E-state index in [1.165, 1.54) is 32.1 Å². The number of ether oxygens (including phenoxy) is 2. The molecule has 2 N–H and O–H groups in total. The Kier molecular flexibility index (Phi) is 4.90. The molecule has 0 radical (unpaired) electrons. The lowest BCUT2D eigenvalue weighted by Gasteiger charge is -2.68. The molecule has 5 aliphatic rings. The molecule has 4 saturated carbocycles. The quantitative estimate of drug-likeness (QED) is 0.536. The third-order valence-corrected chi connectivity index (χ3v) is 8.35. The fraction of sp³-hybridized carbons (Fsp3) is 0.520. The number of methoxy groups -OCH3 is 1. The Morgan fingerprint density at radius 2 is 1.62 bits per heavy atom. The first-order valence-corrected chi connectivity index (χ1v) is 11.6. The van der Waals surface area contributed by atoms with E-state index in [0.29, 0.717) is 23.9 Å². The summed E-state index contributed by atoms with van der Waals surface area (Å²) in [6, 6.07) is 15.0. The van der Waals surface area contributed by atoms with Gasteiger partial charge in [-0.25, -0.2) is 4.89 Å². The summed E-state index contributed by atoms with van der Waals surface area (Å²) >= 11 is 0. The lowest BCUT2D eigenvalue weighted by Crippen LogP contribution is -2.76. The minimum atomic E-state index is -1.46. The van der Waals surface area contributed by atoms with Crippen LogP contribution in [0, 0.1) is 23.7 Å². The van der Waals surface area contributed by atoms with E-state index in [1.54, 1.807) is 19.2 Å². The number of rotatable bonds is 6. The number of hydrogen-bond acceptors (Lipinski definition) is 6. The maximum atomic E-state index is 9.25. The Morgan fingerprint density at radius 3 is 2.19 bits per heavy atom. The van der Waals surface area contributed by atoms with Gasteiger partial charge in [-0.1, -0.05) is 36.4 Å². The fourth-order valence-electron chi connectivity index (χ4n) is 7.10. The lowest BCUT2D eigenvalue weighted by atomic mass is 9.47. The topological polar surface area (TPSA) is 77.4 Å². The first kappa shape index (κ1) is 20.7. The molecule has 1 atom stereocenters. The summed E-state index contributed by atoms with van der Waals surface area (Å²) in [5.74, 6) is 2.44.